The molecule has 0 bridgehead atoms. The quantitative estimate of drug-likeness (QED) is 0.347. The van der Waals surface area contributed by atoms with Gasteiger partial charge in [0, 0.05) is 23.5 Å². The first kappa shape index (κ1) is 26.5. The highest BCUT2D eigenvalue weighted by molar-refractivity contribution is 7.09. The average molecular weight is 522 g/mol. The number of nitrogens with zero attached hydrogens (tertiary/aromatic N) is 2. The van der Waals surface area contributed by atoms with Crippen molar-refractivity contribution in [2.24, 2.45) is 0 Å². The van der Waals surface area contributed by atoms with Crippen molar-refractivity contribution in [3.05, 3.63) is 76.5 Å². The number of thiophene rings is 1. The van der Waals surface area contributed by atoms with Crippen LogP contribution in [0.25, 0.3) is 0 Å². The average Bonchev–Trinajstić information content (AvgIpc) is 3.45. The second-order valence-electron chi connectivity index (χ2n) is 9.23. The molecule has 1 N–H and O–H groups in total. The molecule has 0 atom stereocenters. The van der Waals surface area contributed by atoms with Gasteiger partial charge in [0.25, 0.3) is 0 Å². The molecule has 3 aromatic rings. The van der Waals surface area contributed by atoms with Crippen LogP contribution in [0.1, 0.15) is 42.5 Å². The number of carbonyl (C=O) groups is 2. The predicted octanol–water partition coefficient (Wildman–Crippen LogP) is 6.16. The van der Waals surface area contributed by atoms with Crippen LogP contribution in [-0.2, 0) is 17.9 Å². The molecule has 0 radical (unpaired) electrons. The molecular formula is C29H35N3O4S. The van der Waals surface area contributed by atoms with Gasteiger partial charge in [0.2, 0.25) is 5.91 Å². The molecule has 1 aliphatic carbocycles. The van der Waals surface area contributed by atoms with Gasteiger partial charge >= 0.3 is 6.03 Å². The molecule has 0 unspecified atom stereocenters. The minimum atomic E-state index is -0.292. The molecule has 4 rings (SSSR count). The summed E-state index contributed by atoms with van der Waals surface area (Å²) in [6.45, 7) is 1.02. The van der Waals surface area contributed by atoms with Gasteiger partial charge in [-0.3, -0.25) is 4.79 Å². The minimum Gasteiger partial charge on any atom is -0.497 e. The lowest BCUT2D eigenvalue weighted by Crippen LogP contribution is -2.49. The highest BCUT2D eigenvalue weighted by Gasteiger charge is 2.30. The van der Waals surface area contributed by atoms with Crippen LogP contribution in [0.2, 0.25) is 0 Å². The van der Waals surface area contributed by atoms with Crippen molar-refractivity contribution in [1.82, 2.24) is 9.80 Å². The maximum atomic E-state index is 13.8. The molecule has 1 saturated carbocycles. The Balaban J connectivity index is 1.55. The van der Waals surface area contributed by atoms with Gasteiger partial charge in [-0.2, -0.15) is 0 Å². The summed E-state index contributed by atoms with van der Waals surface area (Å²) in [5.74, 6) is 1.07. The van der Waals surface area contributed by atoms with Gasteiger partial charge in [-0.25, -0.2) is 4.79 Å². The fraction of sp³-hybridized carbons (Fsp3) is 0.379. The van der Waals surface area contributed by atoms with Gasteiger partial charge in [0.1, 0.15) is 18.0 Å². The monoisotopic (exact) mass is 521 g/mol. The smallest absolute Gasteiger partial charge is 0.322 e. The van der Waals surface area contributed by atoms with E-state index in [1.807, 2.05) is 52.7 Å². The van der Waals surface area contributed by atoms with E-state index in [9.17, 15) is 9.59 Å². The summed E-state index contributed by atoms with van der Waals surface area (Å²) < 4.78 is 10.7. The molecule has 8 heteroatoms. The lowest BCUT2D eigenvalue weighted by Gasteiger charge is -2.35. The van der Waals surface area contributed by atoms with Crippen molar-refractivity contribution in [1.29, 1.82) is 0 Å². The lowest BCUT2D eigenvalue weighted by atomic mass is 9.94. The number of carbonyl (C=O) groups excluding carboxylic acids is 2. The van der Waals surface area contributed by atoms with Gasteiger partial charge in [-0.15, -0.1) is 11.3 Å². The first-order valence-electron chi connectivity index (χ1n) is 12.7. The molecule has 37 heavy (non-hydrogen) atoms. The van der Waals surface area contributed by atoms with Crippen LogP contribution >= 0.6 is 11.3 Å². The second kappa shape index (κ2) is 13.1. The molecule has 196 valence electrons. The molecule has 1 fully saturated rings. The number of rotatable bonds is 10. The maximum Gasteiger partial charge on any atom is 0.322 e. The van der Waals surface area contributed by atoms with Crippen molar-refractivity contribution in [2.75, 3.05) is 26.1 Å². The van der Waals surface area contributed by atoms with Crippen molar-refractivity contribution < 1.29 is 19.1 Å². The van der Waals surface area contributed by atoms with Crippen LogP contribution in [0.5, 0.6) is 11.5 Å². The Morgan fingerprint density at radius 1 is 0.946 bits per heavy atom. The van der Waals surface area contributed by atoms with Crippen molar-refractivity contribution in [2.45, 2.75) is 51.2 Å². The summed E-state index contributed by atoms with van der Waals surface area (Å²) in [5.41, 5.74) is 1.60. The fourth-order valence-electron chi connectivity index (χ4n) is 4.72. The van der Waals surface area contributed by atoms with E-state index in [4.69, 9.17) is 9.47 Å². The molecule has 0 aliphatic heterocycles. The van der Waals surface area contributed by atoms with E-state index < -0.39 is 0 Å². The van der Waals surface area contributed by atoms with Crippen LogP contribution in [-0.4, -0.2) is 48.5 Å². The molecule has 1 aromatic heterocycles. The number of anilines is 1. The third-order valence-corrected chi connectivity index (χ3v) is 7.59. The number of hydrogen-bond acceptors (Lipinski definition) is 5. The van der Waals surface area contributed by atoms with Gasteiger partial charge < -0.3 is 24.6 Å². The van der Waals surface area contributed by atoms with Crippen LogP contribution in [0.3, 0.4) is 0 Å². The zero-order chi connectivity index (χ0) is 26.0. The Kier molecular flexibility index (Phi) is 9.43. The standard InChI is InChI=1S/C29H35N3O4S/c1-35-24-15-16-26(27(18-24)36-2)30-29(34)32(23-12-7-4-8-13-23)21-28(33)31(20-25-14-9-17-37-25)19-22-10-5-3-6-11-22/h3,5-6,9-11,14-18,23H,4,7-8,12-13,19-21H2,1-2H3,(H,30,34). The first-order valence-corrected chi connectivity index (χ1v) is 13.6. The van der Waals surface area contributed by atoms with Crippen LogP contribution in [0, 0.1) is 0 Å². The first-order chi connectivity index (χ1) is 18.1. The summed E-state index contributed by atoms with van der Waals surface area (Å²) in [6, 6.07) is 19.0. The van der Waals surface area contributed by atoms with E-state index in [2.05, 4.69) is 5.32 Å². The Morgan fingerprint density at radius 2 is 1.73 bits per heavy atom. The third kappa shape index (κ3) is 7.26. The summed E-state index contributed by atoms with van der Waals surface area (Å²) in [7, 11) is 3.14. The van der Waals surface area contributed by atoms with E-state index in [1.54, 1.807) is 48.7 Å². The zero-order valence-electron chi connectivity index (χ0n) is 21.5. The van der Waals surface area contributed by atoms with E-state index in [-0.39, 0.29) is 24.5 Å². The van der Waals surface area contributed by atoms with Crippen LogP contribution in [0.4, 0.5) is 10.5 Å². The van der Waals surface area contributed by atoms with E-state index >= 15 is 0 Å². The Bertz CT molecular complexity index is 1150. The molecule has 1 heterocycles. The third-order valence-electron chi connectivity index (χ3n) is 6.73. The van der Waals surface area contributed by atoms with E-state index in [0.29, 0.717) is 30.3 Å². The van der Waals surface area contributed by atoms with Crippen molar-refractivity contribution in [3.8, 4) is 11.5 Å². The molecule has 2 aromatic carbocycles. The summed E-state index contributed by atoms with van der Waals surface area (Å²) >= 11 is 1.63. The summed E-state index contributed by atoms with van der Waals surface area (Å²) in [5, 5.41) is 5.01. The molecule has 7 nitrogen and oxygen atoms in total. The normalized spacial score (nSPS) is 13.6. The van der Waals surface area contributed by atoms with E-state index in [1.165, 1.54) is 0 Å². The minimum absolute atomic E-state index is 0.0160. The number of hydrogen-bond donors (Lipinski definition) is 1. The Hall–Kier alpha value is -3.52. The number of methoxy groups -OCH3 is 2. The molecular weight excluding hydrogens is 486 g/mol. The van der Waals surface area contributed by atoms with Crippen LogP contribution < -0.4 is 14.8 Å². The molecule has 1 aliphatic rings. The predicted molar refractivity (Wildman–Crippen MR) is 147 cm³/mol. The van der Waals surface area contributed by atoms with Crippen molar-refractivity contribution in [3.63, 3.8) is 0 Å². The molecule has 0 spiro atoms. The number of amides is 3. The van der Waals surface area contributed by atoms with Gasteiger partial charge in [-0.05, 0) is 42.0 Å². The Labute approximate surface area is 223 Å². The Morgan fingerprint density at radius 3 is 2.41 bits per heavy atom. The van der Waals surface area contributed by atoms with Gasteiger partial charge in [0.15, 0.2) is 0 Å². The van der Waals surface area contributed by atoms with Gasteiger partial charge in [-0.1, -0.05) is 55.7 Å². The number of benzene rings is 2. The van der Waals surface area contributed by atoms with Crippen LogP contribution in [0.15, 0.2) is 66.0 Å². The largest absolute Gasteiger partial charge is 0.497 e. The zero-order valence-corrected chi connectivity index (χ0v) is 22.3. The fourth-order valence-corrected chi connectivity index (χ4v) is 5.44. The molecule has 0 saturated heterocycles. The SMILES string of the molecule is COc1ccc(NC(=O)N(CC(=O)N(Cc2ccccc2)Cc2cccs2)C2CCCCC2)c(OC)c1. The highest BCUT2D eigenvalue weighted by atomic mass is 32.1. The summed E-state index contributed by atoms with van der Waals surface area (Å²) in [4.78, 5) is 32.1. The second-order valence-corrected chi connectivity index (χ2v) is 10.3. The number of nitrogens with one attached hydrogen (secondary N) is 1. The van der Waals surface area contributed by atoms with Crippen molar-refractivity contribution >= 4 is 29.0 Å². The van der Waals surface area contributed by atoms with Gasteiger partial charge in [0.05, 0.1) is 26.5 Å². The number of ether oxygens (including phenoxy) is 2. The summed E-state index contributed by atoms with van der Waals surface area (Å²) in [6.07, 6.45) is 5.05. The topological polar surface area (TPSA) is 71.1 Å². The molecule has 3 amide bonds. The maximum absolute atomic E-state index is 13.8. The highest BCUT2D eigenvalue weighted by Crippen LogP contribution is 2.30. The van der Waals surface area contributed by atoms with E-state index in [0.717, 1.165) is 42.5 Å². The lowest BCUT2D eigenvalue weighted by molar-refractivity contribution is -0.133. The number of urea groups is 1.